The number of hydrogen-bond donors (Lipinski definition) is 1. The van der Waals surface area contributed by atoms with Crippen LogP contribution in [0.4, 0.5) is 11.4 Å². The number of carbonyl (C=O) groups excluding carboxylic acids is 3. The zero-order chi connectivity index (χ0) is 18.5. The molecule has 0 radical (unpaired) electrons. The zero-order valence-electron chi connectivity index (χ0n) is 14.5. The Balaban J connectivity index is 1.56. The number of nitrogens with zero attached hydrogens (tertiary/aromatic N) is 1. The fourth-order valence-corrected chi connectivity index (χ4v) is 2.80. The van der Waals surface area contributed by atoms with Gasteiger partial charge in [0.1, 0.15) is 5.75 Å². The van der Waals surface area contributed by atoms with Crippen molar-refractivity contribution in [1.29, 1.82) is 0 Å². The van der Waals surface area contributed by atoms with Crippen LogP contribution in [-0.2, 0) is 9.59 Å². The molecule has 1 aliphatic rings. The molecule has 0 saturated carbocycles. The molecule has 1 heterocycles. The molecule has 0 bridgehead atoms. The lowest BCUT2D eigenvalue weighted by Crippen LogP contribution is -2.24. The second kappa shape index (κ2) is 7.82. The fraction of sp³-hybridized carbons (Fsp3) is 0.250. The maximum Gasteiger partial charge on any atom is 0.262 e. The third-order valence-corrected chi connectivity index (χ3v) is 4.15. The highest BCUT2D eigenvalue weighted by molar-refractivity contribution is 5.96. The predicted molar refractivity (Wildman–Crippen MR) is 98.6 cm³/mol. The van der Waals surface area contributed by atoms with E-state index in [4.69, 9.17) is 4.74 Å². The van der Waals surface area contributed by atoms with Crippen molar-refractivity contribution in [2.45, 2.75) is 19.8 Å². The van der Waals surface area contributed by atoms with Crippen LogP contribution >= 0.6 is 0 Å². The van der Waals surface area contributed by atoms with Crippen LogP contribution in [0.3, 0.4) is 0 Å². The van der Waals surface area contributed by atoms with E-state index in [1.54, 1.807) is 47.4 Å². The maximum atomic E-state index is 12.0. The number of amides is 2. The summed E-state index contributed by atoms with van der Waals surface area (Å²) in [6, 6.07) is 13.8. The first-order valence-electron chi connectivity index (χ1n) is 8.47. The predicted octanol–water partition coefficient (Wildman–Crippen LogP) is 3.03. The van der Waals surface area contributed by atoms with Crippen LogP contribution in [0.15, 0.2) is 48.5 Å². The van der Waals surface area contributed by atoms with Crippen molar-refractivity contribution < 1.29 is 19.1 Å². The molecule has 134 valence electrons. The minimum absolute atomic E-state index is 0.0254. The van der Waals surface area contributed by atoms with E-state index >= 15 is 0 Å². The first-order chi connectivity index (χ1) is 12.5. The first-order valence-corrected chi connectivity index (χ1v) is 8.47. The van der Waals surface area contributed by atoms with Gasteiger partial charge in [0.15, 0.2) is 12.4 Å². The van der Waals surface area contributed by atoms with Gasteiger partial charge in [-0.15, -0.1) is 0 Å². The van der Waals surface area contributed by atoms with E-state index in [0.29, 0.717) is 30.0 Å². The number of anilines is 2. The highest BCUT2D eigenvalue weighted by Gasteiger charge is 2.21. The van der Waals surface area contributed by atoms with Crippen LogP contribution in [-0.4, -0.2) is 30.7 Å². The van der Waals surface area contributed by atoms with Gasteiger partial charge in [-0.05, 0) is 49.7 Å². The van der Waals surface area contributed by atoms with E-state index in [1.807, 2.05) is 6.07 Å². The summed E-state index contributed by atoms with van der Waals surface area (Å²) in [5.74, 6) is 0.309. The molecule has 6 nitrogen and oxygen atoms in total. The molecule has 2 aromatic rings. The average Bonchev–Trinajstić information content (AvgIpc) is 3.07. The van der Waals surface area contributed by atoms with E-state index in [1.165, 1.54) is 6.92 Å². The van der Waals surface area contributed by atoms with E-state index in [2.05, 4.69) is 5.32 Å². The van der Waals surface area contributed by atoms with Crippen LogP contribution < -0.4 is 15.0 Å². The Hall–Kier alpha value is -3.15. The fourth-order valence-electron chi connectivity index (χ4n) is 2.80. The van der Waals surface area contributed by atoms with Crippen LogP contribution in [0.25, 0.3) is 0 Å². The molecular weight excluding hydrogens is 332 g/mol. The minimum Gasteiger partial charge on any atom is -0.484 e. The lowest BCUT2D eigenvalue weighted by Gasteiger charge is -2.16. The van der Waals surface area contributed by atoms with E-state index < -0.39 is 0 Å². The number of hydrogen-bond acceptors (Lipinski definition) is 4. The smallest absolute Gasteiger partial charge is 0.262 e. The SMILES string of the molecule is CC(=O)c1ccc(NC(=O)COc2cccc(N3CCCC3=O)c2)cc1. The normalized spacial score (nSPS) is 13.6. The third-order valence-electron chi connectivity index (χ3n) is 4.15. The lowest BCUT2D eigenvalue weighted by molar-refractivity contribution is -0.118. The number of benzene rings is 2. The molecule has 1 N–H and O–H groups in total. The van der Waals surface area contributed by atoms with Crippen LogP contribution in [0.5, 0.6) is 5.75 Å². The highest BCUT2D eigenvalue weighted by atomic mass is 16.5. The van der Waals surface area contributed by atoms with Crippen molar-refractivity contribution in [3.05, 3.63) is 54.1 Å². The molecule has 0 spiro atoms. The van der Waals surface area contributed by atoms with Crippen LogP contribution in [0.2, 0.25) is 0 Å². The van der Waals surface area contributed by atoms with Gasteiger partial charge in [-0.25, -0.2) is 0 Å². The molecule has 1 aliphatic heterocycles. The largest absolute Gasteiger partial charge is 0.484 e. The molecule has 3 rings (SSSR count). The number of nitrogens with one attached hydrogen (secondary N) is 1. The van der Waals surface area contributed by atoms with Crippen molar-refractivity contribution >= 4 is 29.0 Å². The van der Waals surface area contributed by atoms with E-state index in [-0.39, 0.29) is 24.2 Å². The molecule has 2 aromatic carbocycles. The Bertz CT molecular complexity index is 830. The standard InChI is InChI=1S/C20H20N2O4/c1-14(23)15-7-9-16(10-8-15)21-19(24)13-26-18-5-2-4-17(12-18)22-11-3-6-20(22)25/h2,4-5,7-10,12H,3,6,11,13H2,1H3,(H,21,24). The molecule has 1 fully saturated rings. The summed E-state index contributed by atoms with van der Waals surface area (Å²) in [5, 5.41) is 2.72. The number of Topliss-reactive ketones (excluding diaryl/α,β-unsaturated/α-hetero) is 1. The highest BCUT2D eigenvalue weighted by Crippen LogP contribution is 2.25. The monoisotopic (exact) mass is 352 g/mol. The minimum atomic E-state index is -0.303. The molecule has 26 heavy (non-hydrogen) atoms. The summed E-state index contributed by atoms with van der Waals surface area (Å²) in [5.41, 5.74) is 1.97. The van der Waals surface area contributed by atoms with Crippen molar-refractivity contribution in [2.75, 3.05) is 23.4 Å². The van der Waals surface area contributed by atoms with Crippen LogP contribution in [0.1, 0.15) is 30.1 Å². The molecule has 0 aliphatic carbocycles. The quantitative estimate of drug-likeness (QED) is 0.811. The van der Waals surface area contributed by atoms with Gasteiger partial charge in [0.25, 0.3) is 5.91 Å². The van der Waals surface area contributed by atoms with Gasteiger partial charge in [0, 0.05) is 36.0 Å². The Morgan fingerprint density at radius 1 is 1.15 bits per heavy atom. The Morgan fingerprint density at radius 2 is 1.92 bits per heavy atom. The van der Waals surface area contributed by atoms with Crippen molar-refractivity contribution in [3.63, 3.8) is 0 Å². The van der Waals surface area contributed by atoms with E-state index in [0.717, 1.165) is 12.1 Å². The molecule has 6 heteroatoms. The number of ketones is 1. The van der Waals surface area contributed by atoms with Crippen molar-refractivity contribution in [1.82, 2.24) is 0 Å². The maximum absolute atomic E-state index is 12.0. The van der Waals surface area contributed by atoms with Gasteiger partial charge >= 0.3 is 0 Å². The molecule has 1 saturated heterocycles. The first kappa shape index (κ1) is 17.7. The summed E-state index contributed by atoms with van der Waals surface area (Å²) in [6.45, 7) is 2.05. The number of ether oxygens (including phenoxy) is 1. The third kappa shape index (κ3) is 4.27. The van der Waals surface area contributed by atoms with Gasteiger partial charge in [-0.2, -0.15) is 0 Å². The van der Waals surface area contributed by atoms with Gasteiger partial charge in [0.2, 0.25) is 5.91 Å². The molecule has 2 amide bonds. The number of carbonyl (C=O) groups is 3. The average molecular weight is 352 g/mol. The Kier molecular flexibility index (Phi) is 5.31. The van der Waals surface area contributed by atoms with Crippen LogP contribution in [0, 0.1) is 0 Å². The van der Waals surface area contributed by atoms with Gasteiger partial charge in [-0.1, -0.05) is 6.07 Å². The molecular formula is C20H20N2O4. The van der Waals surface area contributed by atoms with Crippen molar-refractivity contribution in [3.8, 4) is 5.75 Å². The van der Waals surface area contributed by atoms with Crippen molar-refractivity contribution in [2.24, 2.45) is 0 Å². The summed E-state index contributed by atoms with van der Waals surface area (Å²) in [7, 11) is 0. The Morgan fingerprint density at radius 3 is 2.58 bits per heavy atom. The summed E-state index contributed by atoms with van der Waals surface area (Å²) in [6.07, 6.45) is 1.42. The van der Waals surface area contributed by atoms with E-state index in [9.17, 15) is 14.4 Å². The number of rotatable bonds is 6. The summed E-state index contributed by atoms with van der Waals surface area (Å²) >= 11 is 0. The van der Waals surface area contributed by atoms with Gasteiger partial charge in [0.05, 0.1) is 0 Å². The lowest BCUT2D eigenvalue weighted by atomic mass is 10.1. The van der Waals surface area contributed by atoms with Gasteiger partial charge < -0.3 is 15.0 Å². The Labute approximate surface area is 151 Å². The zero-order valence-corrected chi connectivity index (χ0v) is 14.5. The second-order valence-electron chi connectivity index (χ2n) is 6.12. The molecule has 0 unspecified atom stereocenters. The van der Waals surface area contributed by atoms with Gasteiger partial charge in [-0.3, -0.25) is 14.4 Å². The molecule has 0 aromatic heterocycles. The second-order valence-corrected chi connectivity index (χ2v) is 6.12. The summed E-state index contributed by atoms with van der Waals surface area (Å²) < 4.78 is 5.53. The topological polar surface area (TPSA) is 75.7 Å². The summed E-state index contributed by atoms with van der Waals surface area (Å²) in [4.78, 5) is 36.8. The molecule has 0 atom stereocenters.